The van der Waals surface area contributed by atoms with Crippen LogP contribution in [0.5, 0.6) is 5.75 Å². The van der Waals surface area contributed by atoms with Crippen LogP contribution in [0.25, 0.3) is 10.8 Å². The lowest BCUT2D eigenvalue weighted by atomic mass is 9.95. The number of benzene rings is 3. The lowest BCUT2D eigenvalue weighted by Gasteiger charge is -2.26. The maximum Gasteiger partial charge on any atom is 0.253 e. The Morgan fingerprint density at radius 3 is 2.53 bits per heavy atom. The molecule has 4 rings (SSSR count). The molecular formula is C26H25NO3. The molecule has 2 atom stereocenters. The summed E-state index contributed by atoms with van der Waals surface area (Å²) in [5, 5.41) is 2.09. The van der Waals surface area contributed by atoms with Crippen molar-refractivity contribution in [2.75, 3.05) is 7.11 Å². The van der Waals surface area contributed by atoms with Crippen LogP contribution in [0.4, 0.5) is 0 Å². The molecule has 3 aromatic carbocycles. The molecule has 0 saturated carbocycles. The fourth-order valence-corrected chi connectivity index (χ4v) is 3.97. The van der Waals surface area contributed by atoms with E-state index in [1.54, 1.807) is 7.11 Å². The molecule has 0 aromatic heterocycles. The predicted molar refractivity (Wildman–Crippen MR) is 118 cm³/mol. The molecule has 0 radical (unpaired) electrons. The number of carbonyl (C=O) groups excluding carboxylic acids is 2. The first-order valence-corrected chi connectivity index (χ1v) is 10.2. The summed E-state index contributed by atoms with van der Waals surface area (Å²) in [5.74, 6) is 0.0142. The zero-order chi connectivity index (χ0) is 21.1. The number of methoxy groups -OCH3 is 1. The van der Waals surface area contributed by atoms with Crippen molar-refractivity contribution in [2.45, 2.75) is 31.7 Å². The van der Waals surface area contributed by atoms with Crippen LogP contribution < -0.4 is 4.74 Å². The summed E-state index contributed by atoms with van der Waals surface area (Å²) in [4.78, 5) is 27.1. The Labute approximate surface area is 176 Å². The normalized spacial score (nSPS) is 16.8. The average Bonchev–Trinajstić information content (AvgIpc) is 3.16. The average molecular weight is 399 g/mol. The lowest BCUT2D eigenvalue weighted by molar-refractivity contribution is -0.143. The fourth-order valence-electron chi connectivity index (χ4n) is 3.97. The number of fused-ring (bicyclic) bond motifs is 1. The molecule has 0 N–H and O–H groups in total. The van der Waals surface area contributed by atoms with E-state index in [1.807, 2.05) is 67.6 Å². The summed E-state index contributed by atoms with van der Waals surface area (Å²) in [7, 11) is 1.64. The summed E-state index contributed by atoms with van der Waals surface area (Å²) in [6.07, 6.45) is 4.91. The van der Waals surface area contributed by atoms with E-state index in [1.165, 1.54) is 16.5 Å². The highest BCUT2D eigenvalue weighted by Crippen LogP contribution is 2.28. The van der Waals surface area contributed by atoms with Gasteiger partial charge in [-0.2, -0.15) is 0 Å². The summed E-state index contributed by atoms with van der Waals surface area (Å²) >= 11 is 0. The molecule has 30 heavy (non-hydrogen) atoms. The van der Waals surface area contributed by atoms with Crippen LogP contribution in [-0.4, -0.2) is 29.9 Å². The summed E-state index contributed by atoms with van der Waals surface area (Å²) in [6.45, 7) is 1.87. The minimum atomic E-state index is -0.403. The second-order valence-electron chi connectivity index (χ2n) is 7.69. The van der Waals surface area contributed by atoms with Crippen LogP contribution in [0.3, 0.4) is 0 Å². The van der Waals surface area contributed by atoms with Gasteiger partial charge >= 0.3 is 0 Å². The van der Waals surface area contributed by atoms with Gasteiger partial charge in [-0.1, -0.05) is 60.7 Å². The monoisotopic (exact) mass is 399 g/mol. The molecule has 4 nitrogen and oxygen atoms in total. The highest BCUT2D eigenvalue weighted by molar-refractivity contribution is 6.05. The van der Waals surface area contributed by atoms with Crippen molar-refractivity contribution in [2.24, 2.45) is 0 Å². The molecule has 152 valence electrons. The molecule has 1 heterocycles. The van der Waals surface area contributed by atoms with Crippen molar-refractivity contribution in [3.05, 3.63) is 90.0 Å². The molecule has 0 unspecified atom stereocenters. The fraction of sp³-hybridized carbons (Fsp3) is 0.231. The quantitative estimate of drug-likeness (QED) is 0.594. The minimum Gasteiger partial charge on any atom is -0.497 e. The predicted octanol–water partition coefficient (Wildman–Crippen LogP) is 4.88. The number of rotatable bonds is 6. The molecule has 1 aliphatic rings. The van der Waals surface area contributed by atoms with Crippen molar-refractivity contribution in [1.29, 1.82) is 0 Å². The number of nitrogens with zero attached hydrogens (tertiary/aromatic N) is 1. The van der Waals surface area contributed by atoms with Crippen LogP contribution in [-0.2, 0) is 16.0 Å². The third-order valence-corrected chi connectivity index (χ3v) is 5.78. The largest absolute Gasteiger partial charge is 0.497 e. The van der Waals surface area contributed by atoms with E-state index in [9.17, 15) is 9.59 Å². The number of aryl methyl sites for hydroxylation is 1. The number of hydrogen-bond donors (Lipinski definition) is 0. The number of carbonyl (C=O) groups is 2. The molecule has 2 amide bonds. The highest BCUT2D eigenvalue weighted by Gasteiger charge is 2.34. The van der Waals surface area contributed by atoms with Crippen LogP contribution in [0, 0.1) is 0 Å². The first-order chi connectivity index (χ1) is 14.6. The summed E-state index contributed by atoms with van der Waals surface area (Å²) in [5.41, 5.74) is 2.11. The van der Waals surface area contributed by atoms with Gasteiger partial charge in [-0.15, -0.1) is 0 Å². The standard InChI is InChI=1S/C26H25NO3/c1-18(20-9-10-22-17-24(30-2)14-11-21(22)16-20)26(29)27-23(13-15-25(27)28)12-8-19-6-4-3-5-7-19/h3-7,9-11,13-18,23H,8,12H2,1-2H3/t18-,23+/m0/s1. The maximum absolute atomic E-state index is 13.3. The van der Waals surface area contributed by atoms with Crippen molar-refractivity contribution in [3.63, 3.8) is 0 Å². The minimum absolute atomic E-state index is 0.157. The summed E-state index contributed by atoms with van der Waals surface area (Å²) < 4.78 is 5.28. The molecule has 4 heteroatoms. The Bertz CT molecular complexity index is 1100. The topological polar surface area (TPSA) is 46.6 Å². The van der Waals surface area contributed by atoms with E-state index in [-0.39, 0.29) is 17.9 Å². The van der Waals surface area contributed by atoms with Crippen molar-refractivity contribution in [1.82, 2.24) is 4.90 Å². The first kappa shape index (κ1) is 19.9. The van der Waals surface area contributed by atoms with E-state index in [0.717, 1.165) is 34.9 Å². The van der Waals surface area contributed by atoms with Gasteiger partial charge in [-0.05, 0) is 53.8 Å². The molecule has 3 aromatic rings. The molecule has 0 aliphatic carbocycles. The van der Waals surface area contributed by atoms with E-state index in [4.69, 9.17) is 4.74 Å². The molecule has 0 bridgehead atoms. The first-order valence-electron chi connectivity index (χ1n) is 10.2. The van der Waals surface area contributed by atoms with Crippen molar-refractivity contribution < 1.29 is 14.3 Å². The third-order valence-electron chi connectivity index (χ3n) is 5.78. The molecule has 0 saturated heterocycles. The third kappa shape index (κ3) is 3.99. The van der Waals surface area contributed by atoms with Gasteiger partial charge in [-0.3, -0.25) is 14.5 Å². The number of imide groups is 1. The van der Waals surface area contributed by atoms with E-state index in [2.05, 4.69) is 12.1 Å². The van der Waals surface area contributed by atoms with Gasteiger partial charge in [0.05, 0.1) is 19.1 Å². The van der Waals surface area contributed by atoms with Gasteiger partial charge in [-0.25, -0.2) is 0 Å². The van der Waals surface area contributed by atoms with Gasteiger partial charge in [0.15, 0.2) is 0 Å². The Balaban J connectivity index is 1.51. The van der Waals surface area contributed by atoms with E-state index in [0.29, 0.717) is 0 Å². The van der Waals surface area contributed by atoms with Gasteiger partial charge in [0.2, 0.25) is 5.91 Å². The molecular weight excluding hydrogens is 374 g/mol. The SMILES string of the molecule is COc1ccc2cc([C@H](C)C(=O)N3C(=O)C=C[C@H]3CCc3ccccc3)ccc2c1. The van der Waals surface area contributed by atoms with Crippen molar-refractivity contribution >= 4 is 22.6 Å². The van der Waals surface area contributed by atoms with Crippen LogP contribution >= 0.6 is 0 Å². The molecule has 0 fully saturated rings. The maximum atomic E-state index is 13.3. The second kappa shape index (κ2) is 8.54. The Morgan fingerprint density at radius 1 is 1.03 bits per heavy atom. The summed E-state index contributed by atoms with van der Waals surface area (Å²) in [6, 6.07) is 21.8. The van der Waals surface area contributed by atoms with E-state index >= 15 is 0 Å². The Morgan fingerprint density at radius 2 is 1.77 bits per heavy atom. The van der Waals surface area contributed by atoms with Crippen LogP contribution in [0.15, 0.2) is 78.9 Å². The van der Waals surface area contributed by atoms with E-state index < -0.39 is 5.92 Å². The lowest BCUT2D eigenvalue weighted by Crippen LogP contribution is -2.41. The number of ether oxygens (including phenoxy) is 1. The van der Waals surface area contributed by atoms with Gasteiger partial charge in [0.25, 0.3) is 5.91 Å². The molecule has 0 spiro atoms. The van der Waals surface area contributed by atoms with Crippen LogP contribution in [0.1, 0.15) is 30.4 Å². The highest BCUT2D eigenvalue weighted by atomic mass is 16.5. The second-order valence-corrected chi connectivity index (χ2v) is 7.69. The van der Waals surface area contributed by atoms with Gasteiger partial charge in [0.1, 0.15) is 5.75 Å². The number of amides is 2. The van der Waals surface area contributed by atoms with Gasteiger partial charge in [0, 0.05) is 6.08 Å². The number of hydrogen-bond acceptors (Lipinski definition) is 3. The molecule has 1 aliphatic heterocycles. The zero-order valence-corrected chi connectivity index (χ0v) is 17.2. The smallest absolute Gasteiger partial charge is 0.253 e. The Hall–Kier alpha value is -3.40. The van der Waals surface area contributed by atoms with Crippen LogP contribution in [0.2, 0.25) is 0 Å². The van der Waals surface area contributed by atoms with Crippen molar-refractivity contribution in [3.8, 4) is 5.75 Å². The zero-order valence-electron chi connectivity index (χ0n) is 17.2. The van der Waals surface area contributed by atoms with Gasteiger partial charge < -0.3 is 4.74 Å². The Kier molecular flexibility index (Phi) is 5.66.